The van der Waals surface area contributed by atoms with Gasteiger partial charge in [-0.15, -0.1) is 22.9 Å². The second kappa shape index (κ2) is 5.40. The van der Waals surface area contributed by atoms with Crippen LogP contribution in [-0.4, -0.2) is 11.0 Å². The smallest absolute Gasteiger partial charge is 0.126 e. The monoisotopic (exact) mass is 286 g/mol. The van der Waals surface area contributed by atoms with Gasteiger partial charge in [0.25, 0.3) is 0 Å². The maximum atomic E-state index is 10.9. The summed E-state index contributed by atoms with van der Waals surface area (Å²) in [7, 11) is 0. The Labute approximate surface area is 115 Å². The van der Waals surface area contributed by atoms with Gasteiger partial charge in [-0.25, -0.2) is 0 Å². The van der Waals surface area contributed by atoms with Gasteiger partial charge in [-0.3, -0.25) is 0 Å². The Balaban J connectivity index is 2.50. The van der Waals surface area contributed by atoms with Gasteiger partial charge in [0.05, 0.1) is 9.90 Å². The number of aliphatic hydroxyl groups is 1. The summed E-state index contributed by atoms with van der Waals surface area (Å²) >= 11 is 13.4. The minimum absolute atomic E-state index is 0.375. The van der Waals surface area contributed by atoms with Crippen molar-refractivity contribution in [1.29, 1.82) is 0 Å². The van der Waals surface area contributed by atoms with Gasteiger partial charge in [0.15, 0.2) is 0 Å². The van der Waals surface area contributed by atoms with Crippen molar-refractivity contribution in [2.45, 2.75) is 12.0 Å². The van der Waals surface area contributed by atoms with Gasteiger partial charge in [0.2, 0.25) is 0 Å². The largest absolute Gasteiger partial charge is 0.379 e. The normalized spacial score (nSPS) is 14.5. The number of benzene rings is 1. The van der Waals surface area contributed by atoms with Crippen LogP contribution in [0.4, 0.5) is 0 Å². The van der Waals surface area contributed by atoms with Crippen LogP contribution in [0.15, 0.2) is 41.8 Å². The van der Waals surface area contributed by atoms with Crippen LogP contribution in [0, 0.1) is 0 Å². The van der Waals surface area contributed by atoms with E-state index in [2.05, 4.69) is 0 Å². The average Bonchev–Trinajstić information content (AvgIpc) is 2.77. The summed E-state index contributed by atoms with van der Waals surface area (Å²) in [4.78, 5) is 0.756. The van der Waals surface area contributed by atoms with E-state index in [0.29, 0.717) is 17.3 Å². The van der Waals surface area contributed by atoms with Gasteiger partial charge in [-0.05, 0) is 23.4 Å². The van der Waals surface area contributed by atoms with E-state index in [0.717, 1.165) is 10.4 Å². The van der Waals surface area contributed by atoms with Crippen LogP contribution < -0.4 is 0 Å². The molecule has 0 aliphatic carbocycles. The first-order valence-electron chi connectivity index (χ1n) is 5.26. The second-order valence-corrected chi connectivity index (χ2v) is 5.46. The van der Waals surface area contributed by atoms with E-state index in [1.807, 2.05) is 35.7 Å². The topological polar surface area (TPSA) is 20.2 Å². The highest BCUT2D eigenvalue weighted by Gasteiger charge is 2.33. The third-order valence-corrected chi connectivity index (χ3v) is 4.38. The first kappa shape index (κ1) is 12.9. The van der Waals surface area contributed by atoms with Crippen LogP contribution >= 0.6 is 34.5 Å². The van der Waals surface area contributed by atoms with Crippen LogP contribution in [0.2, 0.25) is 5.02 Å². The number of hydrogen-bond donors (Lipinski definition) is 1. The van der Waals surface area contributed by atoms with Crippen LogP contribution in [0.1, 0.15) is 16.9 Å². The Kier molecular flexibility index (Phi) is 4.10. The summed E-state index contributed by atoms with van der Waals surface area (Å²) in [6.45, 7) is 0. The minimum Gasteiger partial charge on any atom is -0.379 e. The molecule has 0 fully saturated rings. The number of hydrogen-bond acceptors (Lipinski definition) is 2. The van der Waals surface area contributed by atoms with E-state index in [1.54, 1.807) is 6.07 Å². The second-order valence-electron chi connectivity index (χ2n) is 3.76. The van der Waals surface area contributed by atoms with Crippen molar-refractivity contribution in [3.63, 3.8) is 0 Å². The molecule has 0 saturated heterocycles. The first-order chi connectivity index (χ1) is 8.18. The Morgan fingerprint density at radius 2 is 1.88 bits per heavy atom. The molecule has 0 spiro atoms. The Morgan fingerprint density at radius 3 is 2.41 bits per heavy atom. The molecule has 90 valence electrons. The summed E-state index contributed by atoms with van der Waals surface area (Å²) in [5.41, 5.74) is -0.265. The van der Waals surface area contributed by atoms with Crippen molar-refractivity contribution in [2.75, 3.05) is 5.88 Å². The van der Waals surface area contributed by atoms with Gasteiger partial charge in [-0.1, -0.05) is 41.9 Å². The molecule has 2 rings (SSSR count). The zero-order valence-electron chi connectivity index (χ0n) is 9.07. The molecule has 0 aliphatic rings. The number of halogens is 2. The van der Waals surface area contributed by atoms with Gasteiger partial charge < -0.3 is 5.11 Å². The minimum atomic E-state index is -1.09. The van der Waals surface area contributed by atoms with E-state index in [-0.39, 0.29) is 0 Å². The molecular weight excluding hydrogens is 275 g/mol. The van der Waals surface area contributed by atoms with E-state index in [9.17, 15) is 5.11 Å². The Bertz CT molecular complexity index is 483. The lowest BCUT2D eigenvalue weighted by Gasteiger charge is -2.27. The lowest BCUT2D eigenvalue weighted by molar-refractivity contribution is 0.0814. The van der Waals surface area contributed by atoms with Crippen molar-refractivity contribution in [3.8, 4) is 0 Å². The quantitative estimate of drug-likeness (QED) is 0.833. The van der Waals surface area contributed by atoms with Gasteiger partial charge in [-0.2, -0.15) is 0 Å². The predicted octanol–water partition coefficient (Wildman–Crippen LogP) is 4.27. The summed E-state index contributed by atoms with van der Waals surface area (Å²) in [5, 5.41) is 13.3. The summed E-state index contributed by atoms with van der Waals surface area (Å²) in [6.07, 6.45) is 0.443. The van der Waals surface area contributed by atoms with E-state index >= 15 is 0 Å². The fourth-order valence-electron chi connectivity index (χ4n) is 1.83. The van der Waals surface area contributed by atoms with Crippen LogP contribution in [0.3, 0.4) is 0 Å². The van der Waals surface area contributed by atoms with Crippen molar-refractivity contribution in [1.82, 2.24) is 0 Å². The number of rotatable bonds is 4. The molecule has 17 heavy (non-hydrogen) atoms. The SMILES string of the molecule is OC(CCCl)(c1ccccc1)c1sccc1Cl. The highest BCUT2D eigenvalue weighted by molar-refractivity contribution is 7.10. The maximum absolute atomic E-state index is 10.9. The molecule has 1 N–H and O–H groups in total. The van der Waals surface area contributed by atoms with Crippen molar-refractivity contribution >= 4 is 34.5 Å². The molecule has 1 heterocycles. The zero-order valence-corrected chi connectivity index (χ0v) is 11.4. The fraction of sp³-hybridized carbons (Fsp3) is 0.231. The number of alkyl halides is 1. The van der Waals surface area contributed by atoms with Crippen LogP contribution in [0.25, 0.3) is 0 Å². The fourth-order valence-corrected chi connectivity index (χ4v) is 3.47. The predicted molar refractivity (Wildman–Crippen MR) is 74.1 cm³/mol. The third-order valence-electron chi connectivity index (χ3n) is 2.70. The summed E-state index contributed by atoms with van der Waals surface area (Å²) in [5.74, 6) is 0.375. The van der Waals surface area contributed by atoms with Crippen molar-refractivity contribution in [3.05, 3.63) is 57.2 Å². The van der Waals surface area contributed by atoms with Crippen LogP contribution in [0.5, 0.6) is 0 Å². The summed E-state index contributed by atoms with van der Waals surface area (Å²) < 4.78 is 0. The zero-order chi connectivity index (χ0) is 12.3. The Hall–Kier alpha value is -0.540. The molecule has 0 amide bonds. The Morgan fingerprint density at radius 1 is 1.18 bits per heavy atom. The summed E-state index contributed by atoms with van der Waals surface area (Å²) in [6, 6.07) is 11.3. The average molecular weight is 287 g/mol. The molecule has 1 aromatic carbocycles. The van der Waals surface area contributed by atoms with Gasteiger partial charge >= 0.3 is 0 Å². The lowest BCUT2D eigenvalue weighted by atomic mass is 9.89. The van der Waals surface area contributed by atoms with Crippen LogP contribution in [-0.2, 0) is 5.60 Å². The van der Waals surface area contributed by atoms with Gasteiger partial charge in [0, 0.05) is 5.88 Å². The van der Waals surface area contributed by atoms with Crippen molar-refractivity contribution < 1.29 is 5.11 Å². The molecule has 1 aromatic heterocycles. The molecule has 1 unspecified atom stereocenters. The molecular formula is C13H12Cl2OS. The standard InChI is InChI=1S/C13H12Cl2OS/c14-8-7-13(16,10-4-2-1-3-5-10)12-11(15)6-9-17-12/h1-6,9,16H,7-8H2. The van der Waals surface area contributed by atoms with Crippen molar-refractivity contribution in [2.24, 2.45) is 0 Å². The van der Waals surface area contributed by atoms with E-state index in [4.69, 9.17) is 23.2 Å². The van der Waals surface area contributed by atoms with E-state index < -0.39 is 5.60 Å². The third kappa shape index (κ3) is 2.50. The molecule has 4 heteroatoms. The highest BCUT2D eigenvalue weighted by Crippen LogP contribution is 2.40. The highest BCUT2D eigenvalue weighted by atomic mass is 35.5. The van der Waals surface area contributed by atoms with Gasteiger partial charge in [0.1, 0.15) is 5.60 Å². The molecule has 0 saturated carbocycles. The molecule has 2 aromatic rings. The molecule has 0 aliphatic heterocycles. The maximum Gasteiger partial charge on any atom is 0.126 e. The first-order valence-corrected chi connectivity index (χ1v) is 7.05. The number of thiophene rings is 1. The molecule has 0 radical (unpaired) electrons. The molecule has 1 nitrogen and oxygen atoms in total. The molecule has 0 bridgehead atoms. The lowest BCUT2D eigenvalue weighted by Crippen LogP contribution is -2.27. The molecule has 1 atom stereocenters. The van der Waals surface area contributed by atoms with E-state index in [1.165, 1.54) is 11.3 Å².